The van der Waals surface area contributed by atoms with E-state index in [9.17, 15) is 22.2 Å². The zero-order chi connectivity index (χ0) is 16.8. The molecule has 0 saturated carbocycles. The minimum Gasteiger partial charge on any atom is -0.293 e. The van der Waals surface area contributed by atoms with Crippen LogP contribution in [-0.4, -0.2) is 24.7 Å². The number of rotatable bonds is 7. The maximum absolute atomic E-state index is 12.1. The standard InChI is InChI=1S/C12H18F3N3O3S/c1-2-17-8-9-18(10-17)7-5-3-4-6-11(19)16-22(20,21)12(13,14)15/h8-10H,2-7H2,1H3/p+1. The Kier molecular flexibility index (Phi) is 6.54. The van der Waals surface area contributed by atoms with E-state index < -0.39 is 21.4 Å². The smallest absolute Gasteiger partial charge is 0.293 e. The van der Waals surface area contributed by atoms with Crippen molar-refractivity contribution in [2.75, 3.05) is 0 Å². The molecule has 0 aliphatic rings. The number of imidazole rings is 1. The van der Waals surface area contributed by atoms with Gasteiger partial charge in [-0.05, 0) is 26.2 Å². The molecule has 1 aromatic heterocycles. The number of aryl methyl sites for hydroxylation is 2. The summed E-state index contributed by atoms with van der Waals surface area (Å²) in [4.78, 5) is 11.2. The van der Waals surface area contributed by atoms with Gasteiger partial charge in [0.05, 0.1) is 13.1 Å². The third-order valence-electron chi connectivity index (χ3n) is 2.95. The lowest BCUT2D eigenvalue weighted by Crippen LogP contribution is -2.30. The molecule has 0 spiro atoms. The normalized spacial score (nSPS) is 14.6. The van der Waals surface area contributed by atoms with E-state index in [1.165, 1.54) is 0 Å². The number of hydrogen-bond acceptors (Lipinski definition) is 2. The first-order valence-corrected chi connectivity index (χ1v) is 8.26. The number of aromatic nitrogens is 2. The third kappa shape index (κ3) is 5.76. The molecule has 1 unspecified atom stereocenters. The molecule has 1 atom stereocenters. The van der Waals surface area contributed by atoms with Crippen molar-refractivity contribution in [2.45, 2.75) is 51.2 Å². The lowest BCUT2D eigenvalue weighted by molar-refractivity contribution is -0.696. The maximum atomic E-state index is 12.1. The largest absolute Gasteiger partial charge is 0.504 e. The Morgan fingerprint density at radius 1 is 1.36 bits per heavy atom. The monoisotopic (exact) mass is 342 g/mol. The Balaban J connectivity index is 2.31. The second-order valence-electron chi connectivity index (χ2n) is 4.72. The molecule has 0 aliphatic carbocycles. The Bertz CT molecular complexity index is 619. The molecule has 0 saturated heterocycles. The van der Waals surface area contributed by atoms with Crippen molar-refractivity contribution in [1.82, 2.24) is 4.57 Å². The predicted octanol–water partition coefficient (Wildman–Crippen LogP) is 2.34. The lowest BCUT2D eigenvalue weighted by Gasteiger charge is -2.05. The van der Waals surface area contributed by atoms with Gasteiger partial charge in [-0.25, -0.2) is 13.3 Å². The summed E-state index contributed by atoms with van der Waals surface area (Å²) in [5, 5.41) is 0. The highest BCUT2D eigenvalue weighted by Crippen LogP contribution is 2.24. The summed E-state index contributed by atoms with van der Waals surface area (Å²) >= 11 is 0. The summed E-state index contributed by atoms with van der Waals surface area (Å²) in [6.07, 6.45) is 7.19. The predicted molar refractivity (Wildman–Crippen MR) is 73.0 cm³/mol. The third-order valence-corrected chi connectivity index (χ3v) is 4.00. The number of halogens is 3. The Morgan fingerprint density at radius 2 is 2.05 bits per heavy atom. The number of unbranched alkanes of at least 4 members (excludes halogenated alkanes) is 2. The van der Waals surface area contributed by atoms with Gasteiger partial charge in [0.25, 0.3) is 15.9 Å². The van der Waals surface area contributed by atoms with Crippen LogP contribution in [0.2, 0.25) is 0 Å². The van der Waals surface area contributed by atoms with Crippen molar-refractivity contribution in [3.8, 4) is 0 Å². The SMILES string of the molecule is CCn1cc[n+](CCCCCC(=O)N=S(=O)(O)C(F)(F)F)c1. The van der Waals surface area contributed by atoms with Crippen LogP contribution in [0.25, 0.3) is 0 Å². The van der Waals surface area contributed by atoms with Crippen molar-refractivity contribution in [2.24, 2.45) is 4.36 Å². The molecule has 0 fully saturated rings. The highest BCUT2D eigenvalue weighted by molar-refractivity contribution is 7.89. The van der Waals surface area contributed by atoms with Crippen LogP contribution in [-0.2, 0) is 27.9 Å². The van der Waals surface area contributed by atoms with Gasteiger partial charge in [-0.15, -0.1) is 4.36 Å². The first-order valence-electron chi connectivity index (χ1n) is 6.79. The van der Waals surface area contributed by atoms with E-state index in [1.807, 2.05) is 34.8 Å². The zero-order valence-corrected chi connectivity index (χ0v) is 12.9. The highest BCUT2D eigenvalue weighted by Gasteiger charge is 2.43. The quantitative estimate of drug-likeness (QED) is 0.610. The maximum Gasteiger partial charge on any atom is 0.504 e. The molecule has 126 valence electrons. The molecule has 1 rings (SSSR count). The number of alkyl halides is 3. The van der Waals surface area contributed by atoms with Gasteiger partial charge in [-0.3, -0.25) is 9.35 Å². The fourth-order valence-corrected chi connectivity index (χ4v) is 2.21. The van der Waals surface area contributed by atoms with Crippen LogP contribution in [0, 0.1) is 0 Å². The number of hydrogen-bond donors (Lipinski definition) is 1. The van der Waals surface area contributed by atoms with Gasteiger partial charge in [0.2, 0.25) is 6.33 Å². The Morgan fingerprint density at radius 3 is 2.59 bits per heavy atom. The molecule has 10 heteroatoms. The first kappa shape index (κ1) is 18.6. The van der Waals surface area contributed by atoms with Gasteiger partial charge in [0.15, 0.2) is 0 Å². The second kappa shape index (κ2) is 7.73. The van der Waals surface area contributed by atoms with E-state index in [1.54, 1.807) is 0 Å². The van der Waals surface area contributed by atoms with Crippen molar-refractivity contribution >= 4 is 15.9 Å². The zero-order valence-electron chi connectivity index (χ0n) is 12.1. The van der Waals surface area contributed by atoms with Gasteiger partial charge in [-0.1, -0.05) is 0 Å². The molecular formula is C12H19F3N3O3S+. The summed E-state index contributed by atoms with van der Waals surface area (Å²) in [5.74, 6) is -1.20. The van der Waals surface area contributed by atoms with Gasteiger partial charge in [0.1, 0.15) is 12.4 Å². The average molecular weight is 342 g/mol. The fourth-order valence-electron chi connectivity index (χ4n) is 1.74. The summed E-state index contributed by atoms with van der Waals surface area (Å²) in [5.41, 5.74) is -5.41. The van der Waals surface area contributed by atoms with Crippen molar-refractivity contribution in [3.63, 3.8) is 0 Å². The Hall–Kier alpha value is -1.42. The number of amides is 1. The van der Waals surface area contributed by atoms with Crippen LogP contribution in [0.4, 0.5) is 13.2 Å². The molecule has 0 aromatic carbocycles. The summed E-state index contributed by atoms with van der Waals surface area (Å²) in [6.45, 7) is 3.61. The average Bonchev–Trinajstić information content (AvgIpc) is 2.84. The summed E-state index contributed by atoms with van der Waals surface area (Å²) in [6, 6.07) is 0. The summed E-state index contributed by atoms with van der Waals surface area (Å²) < 4.78 is 61.9. The molecule has 0 radical (unpaired) electrons. The number of nitrogens with zero attached hydrogens (tertiary/aromatic N) is 3. The van der Waals surface area contributed by atoms with Crippen LogP contribution < -0.4 is 4.57 Å². The van der Waals surface area contributed by atoms with Gasteiger partial charge in [-0.2, -0.15) is 13.2 Å². The number of carbonyl (C=O) groups is 1. The van der Waals surface area contributed by atoms with Gasteiger partial charge in [0, 0.05) is 6.42 Å². The van der Waals surface area contributed by atoms with Crippen LogP contribution in [0.15, 0.2) is 23.1 Å². The molecule has 0 aliphatic heterocycles. The minimum atomic E-state index is -5.46. The van der Waals surface area contributed by atoms with E-state index in [2.05, 4.69) is 4.36 Å². The first-order chi connectivity index (χ1) is 10.2. The van der Waals surface area contributed by atoms with Crippen LogP contribution in [0.5, 0.6) is 0 Å². The molecule has 1 N–H and O–H groups in total. The number of carbonyl (C=O) groups excluding carboxylic acids is 1. The highest BCUT2D eigenvalue weighted by atomic mass is 32.2. The molecule has 1 amide bonds. The fraction of sp³-hybridized carbons (Fsp3) is 0.667. The van der Waals surface area contributed by atoms with Gasteiger partial charge < -0.3 is 0 Å². The van der Waals surface area contributed by atoms with Crippen LogP contribution in [0.1, 0.15) is 32.6 Å². The Labute approximate surface area is 127 Å². The van der Waals surface area contributed by atoms with E-state index >= 15 is 0 Å². The van der Waals surface area contributed by atoms with E-state index in [4.69, 9.17) is 4.55 Å². The van der Waals surface area contributed by atoms with Crippen LogP contribution >= 0.6 is 0 Å². The van der Waals surface area contributed by atoms with Crippen molar-refractivity contribution < 1.29 is 31.3 Å². The molecule has 22 heavy (non-hydrogen) atoms. The summed E-state index contributed by atoms with van der Waals surface area (Å²) in [7, 11) is -5.46. The van der Waals surface area contributed by atoms with Crippen molar-refractivity contribution in [3.05, 3.63) is 18.7 Å². The second-order valence-corrected chi connectivity index (χ2v) is 6.36. The topological polar surface area (TPSA) is 75.5 Å². The molecule has 1 heterocycles. The minimum absolute atomic E-state index is 0.270. The van der Waals surface area contributed by atoms with E-state index in [-0.39, 0.29) is 6.42 Å². The van der Waals surface area contributed by atoms with Crippen LogP contribution in [0.3, 0.4) is 0 Å². The van der Waals surface area contributed by atoms with E-state index in [0.29, 0.717) is 12.8 Å². The van der Waals surface area contributed by atoms with Crippen molar-refractivity contribution in [1.29, 1.82) is 0 Å². The molecular weight excluding hydrogens is 323 g/mol. The van der Waals surface area contributed by atoms with Gasteiger partial charge >= 0.3 is 5.51 Å². The van der Waals surface area contributed by atoms with E-state index in [0.717, 1.165) is 19.5 Å². The lowest BCUT2D eigenvalue weighted by atomic mass is 10.2. The molecule has 0 bridgehead atoms. The molecule has 1 aromatic rings. The molecule has 6 nitrogen and oxygen atoms in total.